The van der Waals surface area contributed by atoms with Crippen LogP contribution in [0.15, 0.2) is 14.1 Å². The lowest BCUT2D eigenvalue weighted by atomic mass is 10.0. The van der Waals surface area contributed by atoms with Crippen molar-refractivity contribution in [1.29, 1.82) is 0 Å². The van der Waals surface area contributed by atoms with Crippen LogP contribution in [0, 0.1) is 12.8 Å². The maximum Gasteiger partial charge on any atom is 0.272 e. The molecule has 1 heterocycles. The highest BCUT2D eigenvalue weighted by molar-refractivity contribution is 7.93. The standard InChI is InChI=1S/C10H18N4O2S2/c1-6(2)4-8(11)9(15)14-18(12,16)10-13-7(3)5-17-10/h5-6,8H,4,11H2,1-3H3,(H2,12,14,15,16)/t8-,18?/m0/s1. The third-order valence-corrected chi connectivity index (χ3v) is 4.92. The number of hydrogen-bond donors (Lipinski definition) is 2. The Hall–Kier alpha value is -0.830. The van der Waals surface area contributed by atoms with E-state index in [2.05, 4.69) is 9.35 Å². The van der Waals surface area contributed by atoms with Gasteiger partial charge in [0.05, 0.1) is 6.04 Å². The normalized spacial score (nSPS) is 16.3. The Kier molecular flexibility index (Phi) is 4.97. The molecule has 18 heavy (non-hydrogen) atoms. The predicted octanol–water partition coefficient (Wildman–Crippen LogP) is 1.05. The number of thiazole rings is 1. The average molecular weight is 290 g/mol. The lowest BCUT2D eigenvalue weighted by Gasteiger charge is -2.10. The van der Waals surface area contributed by atoms with Crippen LogP contribution >= 0.6 is 11.3 Å². The maximum absolute atomic E-state index is 12.1. The minimum atomic E-state index is -3.27. The van der Waals surface area contributed by atoms with Crippen LogP contribution in [0.3, 0.4) is 0 Å². The lowest BCUT2D eigenvalue weighted by Crippen LogP contribution is -2.32. The molecule has 6 nitrogen and oxygen atoms in total. The minimum Gasteiger partial charge on any atom is -0.320 e. The minimum absolute atomic E-state index is 0.157. The molecule has 0 saturated heterocycles. The number of aromatic nitrogens is 1. The van der Waals surface area contributed by atoms with Crippen molar-refractivity contribution in [3.63, 3.8) is 0 Å². The molecule has 1 rings (SSSR count). The number of rotatable bonds is 4. The van der Waals surface area contributed by atoms with Gasteiger partial charge in [0.15, 0.2) is 9.92 Å². The molecule has 0 aliphatic carbocycles. The maximum atomic E-state index is 12.1. The summed E-state index contributed by atoms with van der Waals surface area (Å²) >= 11 is 1.13. The SMILES string of the molecule is Cc1csc(S(N)(=O)=NC(=O)[C@@H](N)CC(C)C)n1. The van der Waals surface area contributed by atoms with Gasteiger partial charge in [-0.25, -0.2) is 14.3 Å². The van der Waals surface area contributed by atoms with Gasteiger partial charge in [-0.05, 0) is 19.3 Å². The van der Waals surface area contributed by atoms with Crippen LogP contribution < -0.4 is 10.9 Å². The van der Waals surface area contributed by atoms with Gasteiger partial charge in [-0.1, -0.05) is 13.8 Å². The summed E-state index contributed by atoms with van der Waals surface area (Å²) in [7, 11) is -3.27. The van der Waals surface area contributed by atoms with E-state index in [0.29, 0.717) is 12.1 Å². The van der Waals surface area contributed by atoms with Gasteiger partial charge in [0.2, 0.25) is 4.34 Å². The van der Waals surface area contributed by atoms with Gasteiger partial charge in [-0.3, -0.25) is 4.79 Å². The van der Waals surface area contributed by atoms with Gasteiger partial charge in [0.25, 0.3) is 5.91 Å². The highest BCUT2D eigenvalue weighted by Gasteiger charge is 2.19. The summed E-state index contributed by atoms with van der Waals surface area (Å²) in [6.07, 6.45) is 0.481. The molecule has 1 aromatic rings. The summed E-state index contributed by atoms with van der Waals surface area (Å²) in [5, 5.41) is 7.26. The van der Waals surface area contributed by atoms with Crippen molar-refractivity contribution in [1.82, 2.24) is 4.98 Å². The van der Waals surface area contributed by atoms with E-state index in [1.807, 2.05) is 13.8 Å². The first-order chi connectivity index (χ1) is 8.22. The molecule has 0 spiro atoms. The van der Waals surface area contributed by atoms with Gasteiger partial charge in [-0.2, -0.15) is 0 Å². The Bertz CT molecular complexity index is 544. The van der Waals surface area contributed by atoms with E-state index in [9.17, 15) is 9.00 Å². The Morgan fingerprint density at radius 3 is 2.67 bits per heavy atom. The molecule has 0 radical (unpaired) electrons. The quantitative estimate of drug-likeness (QED) is 0.863. The van der Waals surface area contributed by atoms with Crippen molar-refractivity contribution in [2.45, 2.75) is 37.6 Å². The number of carbonyl (C=O) groups excluding carboxylic acids is 1. The number of nitrogens with zero attached hydrogens (tertiary/aromatic N) is 2. The van der Waals surface area contributed by atoms with Gasteiger partial charge in [0, 0.05) is 11.1 Å². The summed E-state index contributed by atoms with van der Waals surface area (Å²) in [6, 6.07) is -0.768. The summed E-state index contributed by atoms with van der Waals surface area (Å²) < 4.78 is 15.8. The molecule has 0 bridgehead atoms. The summed E-state index contributed by atoms with van der Waals surface area (Å²) in [6.45, 7) is 5.63. The second-order valence-corrected chi connectivity index (χ2v) is 7.31. The molecule has 1 amide bonds. The highest BCUT2D eigenvalue weighted by atomic mass is 32.2. The topological polar surface area (TPSA) is 111 Å². The van der Waals surface area contributed by atoms with E-state index >= 15 is 0 Å². The Balaban J connectivity index is 2.94. The molecule has 0 aromatic carbocycles. The van der Waals surface area contributed by atoms with Crippen LogP contribution in [-0.2, 0) is 14.7 Å². The van der Waals surface area contributed by atoms with Crippen molar-refractivity contribution < 1.29 is 9.00 Å². The van der Waals surface area contributed by atoms with Crippen molar-refractivity contribution in [2.75, 3.05) is 0 Å². The number of carbonyl (C=O) groups is 1. The third kappa shape index (κ3) is 4.13. The molecule has 0 aliphatic heterocycles. The summed E-state index contributed by atoms with van der Waals surface area (Å²) in [4.78, 5) is 15.7. The van der Waals surface area contributed by atoms with Gasteiger partial charge < -0.3 is 5.73 Å². The summed E-state index contributed by atoms with van der Waals surface area (Å²) in [5.41, 5.74) is 6.36. The zero-order chi connectivity index (χ0) is 13.9. The van der Waals surface area contributed by atoms with E-state index in [1.165, 1.54) is 0 Å². The van der Waals surface area contributed by atoms with Crippen LogP contribution in [-0.4, -0.2) is 21.1 Å². The van der Waals surface area contributed by atoms with Gasteiger partial charge in [-0.15, -0.1) is 15.7 Å². The molecule has 1 aromatic heterocycles. The monoisotopic (exact) mass is 290 g/mol. The van der Waals surface area contributed by atoms with Gasteiger partial charge >= 0.3 is 0 Å². The molecule has 4 N–H and O–H groups in total. The van der Waals surface area contributed by atoms with Gasteiger partial charge in [0.1, 0.15) is 0 Å². The van der Waals surface area contributed by atoms with E-state index in [1.54, 1.807) is 12.3 Å². The predicted molar refractivity (Wildman–Crippen MR) is 72.3 cm³/mol. The fraction of sp³-hybridized carbons (Fsp3) is 0.600. The number of hydrogen-bond acceptors (Lipinski definition) is 5. The zero-order valence-electron chi connectivity index (χ0n) is 10.6. The van der Waals surface area contributed by atoms with E-state index in [-0.39, 0.29) is 10.3 Å². The second-order valence-electron chi connectivity index (χ2n) is 4.49. The number of aryl methyl sites for hydroxylation is 1. The Morgan fingerprint density at radius 1 is 1.61 bits per heavy atom. The molecule has 1 unspecified atom stereocenters. The highest BCUT2D eigenvalue weighted by Crippen LogP contribution is 2.16. The van der Waals surface area contributed by atoms with E-state index in [4.69, 9.17) is 10.9 Å². The first-order valence-electron chi connectivity index (χ1n) is 5.49. The largest absolute Gasteiger partial charge is 0.320 e. The van der Waals surface area contributed by atoms with Crippen LogP contribution in [0.2, 0.25) is 0 Å². The lowest BCUT2D eigenvalue weighted by molar-refractivity contribution is -0.119. The molecule has 0 aliphatic rings. The third-order valence-electron chi connectivity index (χ3n) is 2.12. The first-order valence-corrected chi connectivity index (χ1v) is 7.94. The fourth-order valence-electron chi connectivity index (χ4n) is 1.32. The summed E-state index contributed by atoms with van der Waals surface area (Å²) in [5.74, 6) is -0.376. The van der Waals surface area contributed by atoms with Crippen LogP contribution in [0.25, 0.3) is 0 Å². The van der Waals surface area contributed by atoms with Crippen molar-refractivity contribution in [3.8, 4) is 0 Å². The van der Waals surface area contributed by atoms with Crippen molar-refractivity contribution in [2.24, 2.45) is 21.2 Å². The van der Waals surface area contributed by atoms with Crippen molar-refractivity contribution in [3.05, 3.63) is 11.1 Å². The van der Waals surface area contributed by atoms with E-state index < -0.39 is 21.9 Å². The molecule has 0 fully saturated rings. The molecule has 102 valence electrons. The Labute approximate surface area is 111 Å². The van der Waals surface area contributed by atoms with Crippen LogP contribution in [0.1, 0.15) is 26.0 Å². The zero-order valence-corrected chi connectivity index (χ0v) is 12.3. The molecule has 8 heteroatoms. The van der Waals surface area contributed by atoms with Crippen molar-refractivity contribution >= 4 is 27.2 Å². The smallest absolute Gasteiger partial charge is 0.272 e. The molecule has 2 atom stereocenters. The molecule has 0 saturated carbocycles. The Morgan fingerprint density at radius 2 is 2.22 bits per heavy atom. The number of amides is 1. The number of nitrogens with two attached hydrogens (primary N) is 2. The fourth-order valence-corrected chi connectivity index (χ4v) is 3.40. The molecular weight excluding hydrogens is 272 g/mol. The van der Waals surface area contributed by atoms with Crippen LogP contribution in [0.5, 0.6) is 0 Å². The van der Waals surface area contributed by atoms with E-state index in [0.717, 1.165) is 11.3 Å². The van der Waals surface area contributed by atoms with Crippen LogP contribution in [0.4, 0.5) is 0 Å². The second kappa shape index (κ2) is 5.87. The molecular formula is C10H18N4O2S2. The first kappa shape index (κ1) is 15.2. The average Bonchev–Trinajstić information content (AvgIpc) is 2.63.